The van der Waals surface area contributed by atoms with Gasteiger partial charge >= 0.3 is 0 Å². The van der Waals surface area contributed by atoms with Gasteiger partial charge in [0.1, 0.15) is 0 Å². The van der Waals surface area contributed by atoms with Crippen LogP contribution in [0.15, 0.2) is 41.7 Å². The molecule has 1 aromatic carbocycles. The Kier molecular flexibility index (Phi) is 7.03. The average Bonchev–Trinajstić information content (AvgIpc) is 3.04. The number of Topliss-reactive ketones (excluding diaryl/α,β-unsaturated/α-hetero) is 1. The van der Waals surface area contributed by atoms with Gasteiger partial charge in [0.2, 0.25) is 5.91 Å². The lowest BCUT2D eigenvalue weighted by Gasteiger charge is -2.19. The third kappa shape index (κ3) is 4.97. The van der Waals surface area contributed by atoms with Crippen molar-refractivity contribution in [2.75, 3.05) is 6.54 Å². The van der Waals surface area contributed by atoms with Gasteiger partial charge < -0.3 is 9.88 Å². The van der Waals surface area contributed by atoms with Crippen molar-refractivity contribution in [3.05, 3.63) is 47.8 Å². The molecule has 0 radical (unpaired) electrons. The molecule has 0 saturated carbocycles. The number of rotatable bonds is 8. The van der Waals surface area contributed by atoms with E-state index in [1.54, 1.807) is 12.1 Å². The molecule has 0 aliphatic carbocycles. The Bertz CT molecular complexity index is 754. The lowest BCUT2D eigenvalue weighted by molar-refractivity contribution is -0.120. The highest BCUT2D eigenvalue weighted by molar-refractivity contribution is 8.00. The van der Waals surface area contributed by atoms with Gasteiger partial charge in [-0.3, -0.25) is 9.59 Å². The summed E-state index contributed by atoms with van der Waals surface area (Å²) in [7, 11) is 0. The molecule has 6 heteroatoms. The standard InChI is InChI=1S/C20H27N3O2S/c1-13(2)17-11-22-20(23(17)14(3)4)26-15(5)19(25)21-12-18(24)16-9-7-6-8-10-16/h6-11,13-15H,12H2,1-5H3,(H,21,25)/t15-/m0/s1. The van der Waals surface area contributed by atoms with Gasteiger partial charge in [0.15, 0.2) is 10.9 Å². The number of aromatic nitrogens is 2. The maximum absolute atomic E-state index is 12.4. The minimum atomic E-state index is -0.335. The first-order chi connectivity index (χ1) is 12.3. The van der Waals surface area contributed by atoms with E-state index >= 15 is 0 Å². The summed E-state index contributed by atoms with van der Waals surface area (Å²) in [6.45, 7) is 10.3. The summed E-state index contributed by atoms with van der Waals surface area (Å²) in [5.74, 6) is 0.109. The molecule has 2 aromatic rings. The van der Waals surface area contributed by atoms with E-state index < -0.39 is 0 Å². The lowest BCUT2D eigenvalue weighted by atomic mass is 10.1. The van der Waals surface area contributed by atoms with Crippen LogP contribution in [0.2, 0.25) is 0 Å². The molecule has 140 valence electrons. The van der Waals surface area contributed by atoms with E-state index in [0.29, 0.717) is 11.5 Å². The predicted molar refractivity (Wildman–Crippen MR) is 106 cm³/mol. The number of hydrogen-bond acceptors (Lipinski definition) is 4. The molecule has 0 saturated heterocycles. The van der Waals surface area contributed by atoms with Crippen LogP contribution in [0.4, 0.5) is 0 Å². The number of ketones is 1. The molecule has 1 heterocycles. The number of amides is 1. The van der Waals surface area contributed by atoms with Crippen LogP contribution in [0.5, 0.6) is 0 Å². The Labute approximate surface area is 159 Å². The van der Waals surface area contributed by atoms with Crippen LogP contribution in [-0.2, 0) is 4.79 Å². The molecule has 0 bridgehead atoms. The molecule has 1 aromatic heterocycles. The largest absolute Gasteiger partial charge is 0.348 e. The summed E-state index contributed by atoms with van der Waals surface area (Å²) in [5, 5.41) is 3.23. The Morgan fingerprint density at radius 2 is 1.77 bits per heavy atom. The molecule has 0 spiro atoms. The second-order valence-electron chi connectivity index (χ2n) is 6.85. The van der Waals surface area contributed by atoms with Gasteiger partial charge in [0.25, 0.3) is 0 Å². The van der Waals surface area contributed by atoms with Crippen LogP contribution in [0.3, 0.4) is 0 Å². The van der Waals surface area contributed by atoms with Crippen molar-refractivity contribution in [3.63, 3.8) is 0 Å². The van der Waals surface area contributed by atoms with Crippen molar-refractivity contribution in [2.24, 2.45) is 0 Å². The molecule has 5 nitrogen and oxygen atoms in total. The number of nitrogens with one attached hydrogen (secondary N) is 1. The first-order valence-electron chi connectivity index (χ1n) is 8.91. The highest BCUT2D eigenvalue weighted by Gasteiger charge is 2.21. The van der Waals surface area contributed by atoms with E-state index in [4.69, 9.17) is 0 Å². The van der Waals surface area contributed by atoms with Crippen LogP contribution < -0.4 is 5.32 Å². The van der Waals surface area contributed by atoms with Gasteiger partial charge in [-0.25, -0.2) is 4.98 Å². The molecular weight excluding hydrogens is 346 g/mol. The second-order valence-corrected chi connectivity index (χ2v) is 8.16. The van der Waals surface area contributed by atoms with Crippen LogP contribution in [-0.4, -0.2) is 33.0 Å². The van der Waals surface area contributed by atoms with Crippen LogP contribution >= 0.6 is 11.8 Å². The second kappa shape index (κ2) is 9.03. The lowest BCUT2D eigenvalue weighted by Crippen LogP contribution is -2.35. The summed E-state index contributed by atoms with van der Waals surface area (Å²) in [5.41, 5.74) is 1.76. The fourth-order valence-corrected chi connectivity index (χ4v) is 3.69. The van der Waals surface area contributed by atoms with Gasteiger partial charge in [0.05, 0.1) is 11.8 Å². The first-order valence-corrected chi connectivity index (χ1v) is 9.79. The van der Waals surface area contributed by atoms with Crippen molar-refractivity contribution < 1.29 is 9.59 Å². The Hall–Kier alpha value is -2.08. The van der Waals surface area contributed by atoms with E-state index in [9.17, 15) is 9.59 Å². The van der Waals surface area contributed by atoms with Gasteiger partial charge in [-0.05, 0) is 26.7 Å². The van der Waals surface area contributed by atoms with Crippen molar-refractivity contribution >= 4 is 23.5 Å². The van der Waals surface area contributed by atoms with E-state index in [1.807, 2.05) is 31.3 Å². The van der Waals surface area contributed by atoms with Gasteiger partial charge in [0, 0.05) is 23.5 Å². The maximum Gasteiger partial charge on any atom is 0.233 e. The molecule has 0 fully saturated rings. The smallest absolute Gasteiger partial charge is 0.233 e. The molecule has 2 rings (SSSR count). The fourth-order valence-electron chi connectivity index (χ4n) is 2.64. The molecule has 0 aliphatic rings. The van der Waals surface area contributed by atoms with Crippen LogP contribution in [0, 0.1) is 0 Å². The van der Waals surface area contributed by atoms with Gasteiger partial charge in [-0.15, -0.1) is 0 Å². The Balaban J connectivity index is 1.98. The van der Waals surface area contributed by atoms with E-state index in [-0.39, 0.29) is 29.5 Å². The van der Waals surface area contributed by atoms with E-state index in [1.165, 1.54) is 11.8 Å². The fraction of sp³-hybridized carbons (Fsp3) is 0.450. The average molecular weight is 374 g/mol. The summed E-state index contributed by atoms with van der Waals surface area (Å²) in [6.07, 6.45) is 1.89. The zero-order chi connectivity index (χ0) is 19.3. The minimum Gasteiger partial charge on any atom is -0.348 e. The Morgan fingerprint density at radius 3 is 2.35 bits per heavy atom. The number of thioether (sulfide) groups is 1. The van der Waals surface area contributed by atoms with Crippen molar-refractivity contribution in [1.29, 1.82) is 0 Å². The van der Waals surface area contributed by atoms with Gasteiger partial charge in [-0.2, -0.15) is 0 Å². The third-order valence-corrected chi connectivity index (χ3v) is 5.15. The highest BCUT2D eigenvalue weighted by atomic mass is 32.2. The predicted octanol–water partition coefficient (Wildman–Crippen LogP) is 4.07. The molecule has 0 unspecified atom stereocenters. The summed E-state index contributed by atoms with van der Waals surface area (Å²) in [6, 6.07) is 9.25. The number of nitrogens with zero attached hydrogens (tertiary/aromatic N) is 2. The molecule has 1 amide bonds. The topological polar surface area (TPSA) is 64.0 Å². The zero-order valence-corrected chi connectivity index (χ0v) is 16.8. The van der Waals surface area contributed by atoms with Crippen molar-refractivity contribution in [3.8, 4) is 0 Å². The van der Waals surface area contributed by atoms with E-state index in [0.717, 1.165) is 10.9 Å². The summed E-state index contributed by atoms with van der Waals surface area (Å²) < 4.78 is 2.17. The normalized spacial score (nSPS) is 12.4. The highest BCUT2D eigenvalue weighted by Crippen LogP contribution is 2.29. The number of carbonyl (C=O) groups excluding carboxylic acids is 2. The Morgan fingerprint density at radius 1 is 1.12 bits per heavy atom. The van der Waals surface area contributed by atoms with Crippen molar-refractivity contribution in [2.45, 2.75) is 57.0 Å². The van der Waals surface area contributed by atoms with E-state index in [2.05, 4.69) is 42.6 Å². The first kappa shape index (κ1) is 20.2. The van der Waals surface area contributed by atoms with Crippen LogP contribution in [0.1, 0.15) is 62.6 Å². The number of carbonyl (C=O) groups is 2. The zero-order valence-electron chi connectivity index (χ0n) is 16.0. The van der Waals surface area contributed by atoms with Gasteiger partial charge in [-0.1, -0.05) is 55.9 Å². The van der Waals surface area contributed by atoms with Crippen LogP contribution in [0.25, 0.3) is 0 Å². The SMILES string of the molecule is CC(C)c1cnc(S[C@@H](C)C(=O)NCC(=O)c2ccccc2)n1C(C)C. The number of benzene rings is 1. The third-order valence-electron chi connectivity index (χ3n) is 4.07. The molecule has 1 N–H and O–H groups in total. The monoisotopic (exact) mass is 373 g/mol. The molecule has 0 aliphatic heterocycles. The quantitative estimate of drug-likeness (QED) is 0.560. The minimum absolute atomic E-state index is 0.00358. The maximum atomic E-state index is 12.4. The summed E-state index contributed by atoms with van der Waals surface area (Å²) >= 11 is 1.42. The number of hydrogen-bond donors (Lipinski definition) is 1. The molecule has 1 atom stereocenters. The van der Waals surface area contributed by atoms with Crippen molar-refractivity contribution in [1.82, 2.24) is 14.9 Å². The number of imidazole rings is 1. The summed E-state index contributed by atoms with van der Waals surface area (Å²) in [4.78, 5) is 29.0. The molecule has 26 heavy (non-hydrogen) atoms. The molecular formula is C20H27N3O2S.